The van der Waals surface area contributed by atoms with Crippen molar-refractivity contribution in [3.05, 3.63) is 54.1 Å². The fourth-order valence-electron chi connectivity index (χ4n) is 2.48. The third-order valence-corrected chi connectivity index (χ3v) is 6.03. The van der Waals surface area contributed by atoms with E-state index in [1.807, 2.05) is 36.4 Å². The smallest absolute Gasteiger partial charge is 0.262 e. The lowest BCUT2D eigenvalue weighted by molar-refractivity contribution is 0.601. The lowest BCUT2D eigenvalue weighted by Gasteiger charge is -2.07. The van der Waals surface area contributed by atoms with Crippen LogP contribution in [-0.2, 0) is 10.0 Å². The second-order valence-corrected chi connectivity index (χ2v) is 7.96. The molecule has 0 bridgehead atoms. The number of sulfonamides is 1. The number of benzene rings is 2. The Bertz CT molecular complexity index is 926. The van der Waals surface area contributed by atoms with E-state index in [2.05, 4.69) is 9.10 Å². The largest absolute Gasteiger partial charge is 0.263 e. The molecule has 4 rings (SSSR count). The molecular weight excluding hydrogens is 316 g/mol. The first-order valence-electron chi connectivity index (χ1n) is 7.11. The average molecular weight is 330 g/mol. The summed E-state index contributed by atoms with van der Waals surface area (Å²) in [6.45, 7) is 0. The normalized spacial score (nSPS) is 15.1. The third-order valence-electron chi connectivity index (χ3n) is 3.85. The summed E-state index contributed by atoms with van der Waals surface area (Å²) >= 11 is 1.29. The lowest BCUT2D eigenvalue weighted by Crippen LogP contribution is -2.13. The van der Waals surface area contributed by atoms with Gasteiger partial charge in [-0.05, 0) is 60.1 Å². The first kappa shape index (κ1) is 13.7. The molecule has 112 valence electrons. The maximum Gasteiger partial charge on any atom is 0.263 e. The van der Waals surface area contributed by atoms with Crippen molar-refractivity contribution in [1.82, 2.24) is 4.37 Å². The van der Waals surface area contributed by atoms with Crippen LogP contribution in [0.3, 0.4) is 0 Å². The Morgan fingerprint density at radius 1 is 1.05 bits per heavy atom. The van der Waals surface area contributed by atoms with Gasteiger partial charge in [0.1, 0.15) is 0 Å². The Balaban J connectivity index is 1.65. The van der Waals surface area contributed by atoms with E-state index in [0.717, 1.165) is 10.1 Å². The topological polar surface area (TPSA) is 59.1 Å². The van der Waals surface area contributed by atoms with E-state index in [4.69, 9.17) is 0 Å². The number of anilines is 1. The Morgan fingerprint density at radius 2 is 1.77 bits per heavy atom. The van der Waals surface area contributed by atoms with E-state index in [1.165, 1.54) is 29.9 Å². The summed E-state index contributed by atoms with van der Waals surface area (Å²) in [4.78, 5) is 0.272. The maximum atomic E-state index is 12.5. The molecule has 6 heteroatoms. The van der Waals surface area contributed by atoms with Gasteiger partial charge in [-0.3, -0.25) is 4.72 Å². The van der Waals surface area contributed by atoms with Crippen LogP contribution >= 0.6 is 11.5 Å². The number of hydrogen-bond acceptors (Lipinski definition) is 4. The molecule has 0 unspecified atom stereocenters. The Kier molecular flexibility index (Phi) is 3.16. The van der Waals surface area contributed by atoms with E-state index >= 15 is 0 Å². The first-order valence-corrected chi connectivity index (χ1v) is 9.36. The number of aromatic nitrogens is 1. The molecule has 0 aliphatic heterocycles. The second-order valence-electron chi connectivity index (χ2n) is 5.48. The quantitative estimate of drug-likeness (QED) is 0.787. The summed E-state index contributed by atoms with van der Waals surface area (Å²) < 4.78 is 32.8. The molecule has 1 fully saturated rings. The minimum Gasteiger partial charge on any atom is -0.262 e. The van der Waals surface area contributed by atoms with Gasteiger partial charge in [-0.2, -0.15) is 4.37 Å². The molecular formula is C16H14N2O2S2. The highest BCUT2D eigenvalue weighted by molar-refractivity contribution is 7.92. The molecule has 2 aromatic carbocycles. The summed E-state index contributed by atoms with van der Waals surface area (Å²) in [5, 5.41) is 0.825. The van der Waals surface area contributed by atoms with Crippen molar-refractivity contribution in [3.8, 4) is 0 Å². The summed E-state index contributed by atoms with van der Waals surface area (Å²) in [6, 6.07) is 14.7. The molecule has 1 aliphatic rings. The van der Waals surface area contributed by atoms with E-state index in [1.54, 1.807) is 12.1 Å². The van der Waals surface area contributed by atoms with Gasteiger partial charge in [-0.1, -0.05) is 24.3 Å². The van der Waals surface area contributed by atoms with Crippen LogP contribution in [0.2, 0.25) is 0 Å². The van der Waals surface area contributed by atoms with Gasteiger partial charge < -0.3 is 0 Å². The van der Waals surface area contributed by atoms with Crippen LogP contribution in [0.15, 0.2) is 53.4 Å². The SMILES string of the molecule is O=S(=O)(Nc1nsc2ccccc12)c1ccc(C2CC2)cc1. The Hall–Kier alpha value is -1.92. The highest BCUT2D eigenvalue weighted by atomic mass is 32.2. The molecule has 1 N–H and O–H groups in total. The van der Waals surface area contributed by atoms with Crippen molar-refractivity contribution in [2.24, 2.45) is 0 Å². The highest BCUT2D eigenvalue weighted by Gasteiger charge is 2.24. The Labute approximate surface area is 133 Å². The fraction of sp³-hybridized carbons (Fsp3) is 0.188. The van der Waals surface area contributed by atoms with Crippen LogP contribution in [-0.4, -0.2) is 12.8 Å². The average Bonchev–Trinajstić information content (AvgIpc) is 3.31. The number of nitrogens with one attached hydrogen (secondary N) is 1. The molecule has 0 amide bonds. The lowest BCUT2D eigenvalue weighted by atomic mass is 10.1. The number of fused-ring (bicyclic) bond motifs is 1. The van der Waals surface area contributed by atoms with Crippen molar-refractivity contribution in [2.75, 3.05) is 4.72 Å². The zero-order valence-electron chi connectivity index (χ0n) is 11.7. The van der Waals surface area contributed by atoms with Gasteiger partial charge in [0.25, 0.3) is 10.0 Å². The molecule has 1 aliphatic carbocycles. The van der Waals surface area contributed by atoms with Crippen LogP contribution < -0.4 is 4.72 Å². The fourth-order valence-corrected chi connectivity index (χ4v) is 4.30. The van der Waals surface area contributed by atoms with Crippen LogP contribution in [0.4, 0.5) is 5.82 Å². The molecule has 0 saturated heterocycles. The van der Waals surface area contributed by atoms with Gasteiger partial charge in [0, 0.05) is 5.39 Å². The molecule has 3 aromatic rings. The molecule has 0 spiro atoms. The third kappa shape index (κ3) is 2.48. The first-order chi connectivity index (χ1) is 10.6. The second kappa shape index (κ2) is 5.07. The molecule has 4 nitrogen and oxygen atoms in total. The monoisotopic (exact) mass is 330 g/mol. The van der Waals surface area contributed by atoms with Gasteiger partial charge in [0.2, 0.25) is 0 Å². The van der Waals surface area contributed by atoms with Crippen molar-refractivity contribution < 1.29 is 8.42 Å². The van der Waals surface area contributed by atoms with Crippen LogP contribution in [0.25, 0.3) is 10.1 Å². The maximum absolute atomic E-state index is 12.5. The van der Waals surface area contributed by atoms with E-state index in [0.29, 0.717) is 11.7 Å². The molecule has 0 radical (unpaired) electrons. The summed E-state index contributed by atoms with van der Waals surface area (Å²) in [5.74, 6) is 1.01. The van der Waals surface area contributed by atoms with Gasteiger partial charge in [-0.25, -0.2) is 8.42 Å². The standard InChI is InChI=1S/C16H14N2O2S2/c19-22(20,13-9-7-12(8-10-13)11-5-6-11)18-16-14-3-1-2-4-15(14)21-17-16/h1-4,7-11H,5-6H2,(H,17,18). The van der Waals surface area contributed by atoms with Crippen molar-refractivity contribution in [1.29, 1.82) is 0 Å². The molecule has 1 saturated carbocycles. The zero-order chi connectivity index (χ0) is 15.2. The molecule has 1 heterocycles. The van der Waals surface area contributed by atoms with E-state index < -0.39 is 10.0 Å². The molecule has 22 heavy (non-hydrogen) atoms. The minimum absolute atomic E-state index is 0.272. The van der Waals surface area contributed by atoms with Crippen LogP contribution in [0.5, 0.6) is 0 Å². The minimum atomic E-state index is -3.60. The van der Waals surface area contributed by atoms with Crippen LogP contribution in [0, 0.1) is 0 Å². The molecule has 0 atom stereocenters. The van der Waals surface area contributed by atoms with Crippen molar-refractivity contribution >= 4 is 37.5 Å². The molecule has 1 aromatic heterocycles. The van der Waals surface area contributed by atoms with E-state index in [9.17, 15) is 8.42 Å². The van der Waals surface area contributed by atoms with E-state index in [-0.39, 0.29) is 4.90 Å². The Morgan fingerprint density at radius 3 is 2.50 bits per heavy atom. The zero-order valence-corrected chi connectivity index (χ0v) is 13.3. The number of hydrogen-bond donors (Lipinski definition) is 1. The van der Waals surface area contributed by atoms with Crippen molar-refractivity contribution in [3.63, 3.8) is 0 Å². The van der Waals surface area contributed by atoms with Crippen molar-refractivity contribution in [2.45, 2.75) is 23.7 Å². The van der Waals surface area contributed by atoms with Gasteiger partial charge in [0.05, 0.1) is 9.60 Å². The van der Waals surface area contributed by atoms with Gasteiger partial charge >= 0.3 is 0 Å². The number of nitrogens with zero attached hydrogens (tertiary/aromatic N) is 1. The highest BCUT2D eigenvalue weighted by Crippen LogP contribution is 2.40. The number of rotatable bonds is 4. The van der Waals surface area contributed by atoms with Crippen LogP contribution in [0.1, 0.15) is 24.3 Å². The predicted molar refractivity (Wildman–Crippen MR) is 88.8 cm³/mol. The summed E-state index contributed by atoms with van der Waals surface area (Å²) in [5.41, 5.74) is 1.22. The van der Waals surface area contributed by atoms with Gasteiger partial charge in [-0.15, -0.1) is 0 Å². The van der Waals surface area contributed by atoms with Gasteiger partial charge in [0.15, 0.2) is 5.82 Å². The summed E-state index contributed by atoms with van der Waals surface area (Å²) in [7, 11) is -3.60. The predicted octanol–water partition coefficient (Wildman–Crippen LogP) is 3.97. The summed E-state index contributed by atoms with van der Waals surface area (Å²) in [6.07, 6.45) is 2.41.